The van der Waals surface area contributed by atoms with Crippen LogP contribution in [0.25, 0.3) is 10.2 Å². The summed E-state index contributed by atoms with van der Waals surface area (Å²) in [6.45, 7) is 5.86. The first-order chi connectivity index (χ1) is 13.3. The zero-order chi connectivity index (χ0) is 20.1. The molecule has 1 aliphatic rings. The Bertz CT molecular complexity index is 1140. The Morgan fingerprint density at radius 2 is 1.68 bits per heavy atom. The van der Waals surface area contributed by atoms with Gasteiger partial charge in [-0.3, -0.25) is 0 Å². The minimum absolute atomic E-state index is 0.0273. The van der Waals surface area contributed by atoms with Gasteiger partial charge in [0.05, 0.1) is 15.4 Å². The van der Waals surface area contributed by atoms with E-state index in [-0.39, 0.29) is 14.9 Å². The lowest BCUT2D eigenvalue weighted by molar-refractivity contribution is 0.384. The quantitative estimate of drug-likeness (QED) is 0.592. The van der Waals surface area contributed by atoms with Crippen molar-refractivity contribution in [2.75, 3.05) is 31.1 Å². The van der Waals surface area contributed by atoms with E-state index in [1.807, 2.05) is 0 Å². The second kappa shape index (κ2) is 7.42. The molecule has 0 atom stereocenters. The number of nitrogens with zero attached hydrogens (tertiary/aromatic N) is 4. The van der Waals surface area contributed by atoms with Crippen LogP contribution in [0.4, 0.5) is 5.82 Å². The molecule has 10 heteroatoms. The number of halogens is 2. The molecule has 0 unspecified atom stereocenters. The van der Waals surface area contributed by atoms with E-state index in [1.54, 1.807) is 23.7 Å². The standard InChI is InChI=1S/C18H18Cl2N4O2S2/c1-11-12(2)27-18-15(11)17(21-10-22-18)23-6-8-24(9-7-23)28(25,26)16-13(19)4-3-5-14(16)20/h3-5,10H,6-9H2,1-2H3. The van der Waals surface area contributed by atoms with E-state index in [0.717, 1.165) is 16.0 Å². The van der Waals surface area contributed by atoms with Crippen LogP contribution in [0.2, 0.25) is 10.0 Å². The van der Waals surface area contributed by atoms with E-state index < -0.39 is 10.0 Å². The third kappa shape index (κ3) is 3.27. The van der Waals surface area contributed by atoms with Crippen molar-refractivity contribution in [1.82, 2.24) is 14.3 Å². The van der Waals surface area contributed by atoms with Crippen LogP contribution in [-0.2, 0) is 10.0 Å². The molecule has 0 bridgehead atoms. The Labute approximate surface area is 177 Å². The highest BCUT2D eigenvalue weighted by Gasteiger charge is 2.32. The third-order valence-electron chi connectivity index (χ3n) is 5.00. The van der Waals surface area contributed by atoms with Crippen molar-refractivity contribution in [3.05, 3.63) is 45.0 Å². The van der Waals surface area contributed by atoms with Gasteiger partial charge in [0.15, 0.2) is 0 Å². The number of thiophene rings is 1. The lowest BCUT2D eigenvalue weighted by atomic mass is 10.2. The Morgan fingerprint density at radius 3 is 2.32 bits per heavy atom. The Hall–Kier alpha value is -1.45. The molecule has 4 rings (SSSR count). The number of rotatable bonds is 3. The maximum atomic E-state index is 13.1. The molecule has 6 nitrogen and oxygen atoms in total. The first-order valence-electron chi connectivity index (χ1n) is 8.70. The van der Waals surface area contributed by atoms with Crippen molar-refractivity contribution < 1.29 is 8.42 Å². The molecule has 3 aromatic rings. The summed E-state index contributed by atoms with van der Waals surface area (Å²) >= 11 is 13.9. The van der Waals surface area contributed by atoms with Crippen molar-refractivity contribution in [3.8, 4) is 0 Å². The molecule has 1 fully saturated rings. The summed E-state index contributed by atoms with van der Waals surface area (Å²) in [5, 5.41) is 1.32. The van der Waals surface area contributed by atoms with E-state index in [1.165, 1.54) is 26.9 Å². The molecule has 3 heterocycles. The zero-order valence-electron chi connectivity index (χ0n) is 15.3. The molecular formula is C18H18Cl2N4O2S2. The average molecular weight is 457 g/mol. The van der Waals surface area contributed by atoms with E-state index in [4.69, 9.17) is 23.2 Å². The molecule has 2 aromatic heterocycles. The van der Waals surface area contributed by atoms with Crippen molar-refractivity contribution in [1.29, 1.82) is 0 Å². The Balaban J connectivity index is 1.61. The minimum atomic E-state index is -3.76. The van der Waals surface area contributed by atoms with Crippen LogP contribution >= 0.6 is 34.5 Å². The lowest BCUT2D eigenvalue weighted by Crippen LogP contribution is -2.49. The molecule has 0 saturated carbocycles. The number of benzene rings is 1. The molecule has 148 valence electrons. The molecule has 1 aromatic carbocycles. The monoisotopic (exact) mass is 456 g/mol. The fourth-order valence-corrected chi connectivity index (χ4v) is 6.91. The first-order valence-corrected chi connectivity index (χ1v) is 11.7. The molecule has 28 heavy (non-hydrogen) atoms. The number of aryl methyl sites for hydroxylation is 2. The van der Waals surface area contributed by atoms with Crippen LogP contribution in [0.15, 0.2) is 29.4 Å². The van der Waals surface area contributed by atoms with Crippen LogP contribution in [0.5, 0.6) is 0 Å². The Morgan fingerprint density at radius 1 is 1.04 bits per heavy atom. The number of sulfonamides is 1. The van der Waals surface area contributed by atoms with Crippen molar-refractivity contribution in [3.63, 3.8) is 0 Å². The molecule has 1 aliphatic heterocycles. The minimum Gasteiger partial charge on any atom is -0.353 e. The largest absolute Gasteiger partial charge is 0.353 e. The van der Waals surface area contributed by atoms with Gasteiger partial charge in [0.2, 0.25) is 10.0 Å². The van der Waals surface area contributed by atoms with Crippen LogP contribution in [-0.4, -0.2) is 48.9 Å². The number of aromatic nitrogens is 2. The second-order valence-electron chi connectivity index (χ2n) is 6.60. The van der Waals surface area contributed by atoms with Gasteiger partial charge < -0.3 is 4.90 Å². The Kier molecular flexibility index (Phi) is 5.26. The van der Waals surface area contributed by atoms with Crippen LogP contribution in [0.1, 0.15) is 10.4 Å². The van der Waals surface area contributed by atoms with Crippen molar-refractivity contribution in [2.24, 2.45) is 0 Å². The maximum Gasteiger partial charge on any atom is 0.246 e. The number of fused-ring (bicyclic) bond motifs is 1. The highest BCUT2D eigenvalue weighted by Crippen LogP contribution is 2.36. The predicted molar refractivity (Wildman–Crippen MR) is 114 cm³/mol. The van der Waals surface area contributed by atoms with Gasteiger partial charge in [0.25, 0.3) is 0 Å². The topological polar surface area (TPSA) is 66.4 Å². The summed E-state index contributed by atoms with van der Waals surface area (Å²) in [5.74, 6) is 0.861. The third-order valence-corrected chi connectivity index (χ3v) is 8.97. The van der Waals surface area contributed by atoms with Crippen LogP contribution < -0.4 is 4.90 Å². The summed E-state index contributed by atoms with van der Waals surface area (Å²) in [6.07, 6.45) is 1.57. The predicted octanol–water partition coefficient (Wildman–Crippen LogP) is 4.13. The SMILES string of the molecule is Cc1sc2ncnc(N3CCN(S(=O)(=O)c4c(Cl)cccc4Cl)CC3)c2c1C. The summed E-state index contributed by atoms with van der Waals surface area (Å²) in [4.78, 5) is 13.1. The van der Waals surface area contributed by atoms with Gasteiger partial charge >= 0.3 is 0 Å². The molecular weight excluding hydrogens is 439 g/mol. The number of piperazine rings is 1. The normalized spacial score (nSPS) is 16.1. The molecule has 0 spiro atoms. The molecule has 1 saturated heterocycles. The van der Waals surface area contributed by atoms with Crippen LogP contribution in [0.3, 0.4) is 0 Å². The molecule has 0 radical (unpaired) electrons. The van der Waals surface area contributed by atoms with E-state index in [0.29, 0.717) is 26.2 Å². The molecule has 0 aliphatic carbocycles. The van der Waals surface area contributed by atoms with Crippen molar-refractivity contribution >= 4 is 60.6 Å². The van der Waals surface area contributed by atoms with E-state index >= 15 is 0 Å². The van der Waals surface area contributed by atoms with Gasteiger partial charge in [0, 0.05) is 31.1 Å². The molecule has 0 amide bonds. The summed E-state index contributed by atoms with van der Waals surface area (Å²) in [5.41, 5.74) is 1.17. The van der Waals surface area contributed by atoms with Crippen molar-refractivity contribution in [2.45, 2.75) is 18.7 Å². The van der Waals surface area contributed by atoms with Gasteiger partial charge in [0.1, 0.15) is 21.9 Å². The highest BCUT2D eigenvalue weighted by molar-refractivity contribution is 7.89. The fraction of sp³-hybridized carbons (Fsp3) is 0.333. The summed E-state index contributed by atoms with van der Waals surface area (Å²) in [7, 11) is -3.76. The van der Waals surface area contributed by atoms with Gasteiger partial charge in [-0.05, 0) is 31.5 Å². The maximum absolute atomic E-state index is 13.1. The number of anilines is 1. The van der Waals surface area contributed by atoms with Crippen LogP contribution in [0, 0.1) is 13.8 Å². The van der Waals surface area contributed by atoms with Gasteiger partial charge in [-0.25, -0.2) is 18.4 Å². The second-order valence-corrected chi connectivity index (χ2v) is 10.5. The highest BCUT2D eigenvalue weighted by atomic mass is 35.5. The van der Waals surface area contributed by atoms with Gasteiger partial charge in [-0.1, -0.05) is 29.3 Å². The van der Waals surface area contributed by atoms with Gasteiger partial charge in [-0.15, -0.1) is 11.3 Å². The first kappa shape index (κ1) is 19.8. The smallest absolute Gasteiger partial charge is 0.246 e. The lowest BCUT2D eigenvalue weighted by Gasteiger charge is -2.35. The number of hydrogen-bond acceptors (Lipinski definition) is 6. The van der Waals surface area contributed by atoms with E-state index in [2.05, 4.69) is 28.7 Å². The summed E-state index contributed by atoms with van der Waals surface area (Å²) in [6, 6.07) is 4.71. The average Bonchev–Trinajstić information content (AvgIpc) is 2.96. The zero-order valence-corrected chi connectivity index (χ0v) is 18.5. The fourth-order valence-electron chi connectivity index (χ4n) is 3.40. The van der Waals surface area contributed by atoms with Gasteiger partial charge in [-0.2, -0.15) is 4.31 Å². The van der Waals surface area contributed by atoms with E-state index in [9.17, 15) is 8.42 Å². The number of hydrogen-bond donors (Lipinski definition) is 0. The molecule has 0 N–H and O–H groups in total. The summed E-state index contributed by atoms with van der Waals surface area (Å²) < 4.78 is 27.5.